The summed E-state index contributed by atoms with van der Waals surface area (Å²) in [5, 5.41) is 0. The molecule has 1 aromatic carbocycles. The number of primary amides is 1. The predicted octanol–water partition coefficient (Wildman–Crippen LogP) is 4.37. The van der Waals surface area contributed by atoms with Crippen LogP contribution in [0.2, 0.25) is 0 Å². The van der Waals surface area contributed by atoms with Crippen LogP contribution in [0.3, 0.4) is 0 Å². The minimum atomic E-state index is -0.435. The van der Waals surface area contributed by atoms with Gasteiger partial charge in [-0.15, -0.1) is 19.7 Å². The van der Waals surface area contributed by atoms with Gasteiger partial charge >= 0.3 is 0 Å². The average Bonchev–Trinajstić information content (AvgIpc) is 2.43. The lowest BCUT2D eigenvalue weighted by Gasteiger charge is -1.85. The van der Waals surface area contributed by atoms with E-state index in [1.807, 2.05) is 43.3 Å². The van der Waals surface area contributed by atoms with E-state index in [-0.39, 0.29) is 0 Å². The first-order chi connectivity index (χ1) is 8.99. The first-order valence-electron chi connectivity index (χ1n) is 5.69. The van der Waals surface area contributed by atoms with Crippen LogP contribution in [0, 0.1) is 0 Å². The molecule has 0 radical (unpaired) electrons. The van der Waals surface area contributed by atoms with Crippen LogP contribution in [-0.4, -0.2) is 5.91 Å². The Kier molecular flexibility index (Phi) is 20.8. The van der Waals surface area contributed by atoms with Crippen molar-refractivity contribution in [3.63, 3.8) is 0 Å². The zero-order chi connectivity index (χ0) is 15.7. The van der Waals surface area contributed by atoms with E-state index in [0.29, 0.717) is 5.57 Å². The van der Waals surface area contributed by atoms with Gasteiger partial charge in [0.25, 0.3) is 0 Å². The SMILES string of the molecule is C=C.C=C(C)C(N)=O.C=CC.C=Cc1ccccc1. The Bertz CT molecular complexity index is 354. The number of hydrogen-bond acceptors (Lipinski definition) is 1. The summed E-state index contributed by atoms with van der Waals surface area (Å²) in [6.07, 6.45) is 3.58. The molecule has 0 aliphatic carbocycles. The third kappa shape index (κ3) is 21.5. The van der Waals surface area contributed by atoms with Gasteiger partial charge in [0.2, 0.25) is 5.91 Å². The standard InChI is InChI=1S/C8H8.C4H7NO.C3H6.C2H4/c1-2-8-6-4-3-5-7-8;1-3(2)4(5)6;1-3-2;1-2/h2-7H,1H2;1H2,2H3,(H2,5,6);3H,1H2,2H3;1-2H2. The Balaban J connectivity index is -0.000000207. The quantitative estimate of drug-likeness (QED) is 0.622. The Labute approximate surface area is 117 Å². The molecule has 2 N–H and O–H groups in total. The molecule has 0 aliphatic rings. The fraction of sp³-hybridized carbons (Fsp3) is 0.118. The second-order valence-electron chi connectivity index (χ2n) is 3.17. The van der Waals surface area contributed by atoms with Gasteiger partial charge in [0, 0.05) is 5.57 Å². The molecule has 0 atom stereocenters. The van der Waals surface area contributed by atoms with E-state index < -0.39 is 5.91 Å². The molecule has 0 fully saturated rings. The monoisotopic (exact) mass is 259 g/mol. The second-order valence-corrected chi connectivity index (χ2v) is 3.17. The number of nitrogens with two attached hydrogens (primary N) is 1. The summed E-state index contributed by atoms with van der Waals surface area (Å²) < 4.78 is 0. The van der Waals surface area contributed by atoms with E-state index in [9.17, 15) is 4.79 Å². The van der Waals surface area contributed by atoms with Gasteiger partial charge in [-0.3, -0.25) is 4.79 Å². The van der Waals surface area contributed by atoms with Crippen LogP contribution >= 0.6 is 0 Å². The zero-order valence-corrected chi connectivity index (χ0v) is 12.1. The molecule has 0 saturated heterocycles. The van der Waals surface area contributed by atoms with Crippen molar-refractivity contribution in [3.8, 4) is 0 Å². The molecule has 0 aliphatic heterocycles. The molecular weight excluding hydrogens is 234 g/mol. The molecule has 0 heterocycles. The van der Waals surface area contributed by atoms with Gasteiger partial charge in [-0.1, -0.05) is 55.6 Å². The fourth-order valence-corrected chi connectivity index (χ4v) is 0.589. The maximum absolute atomic E-state index is 9.82. The van der Waals surface area contributed by atoms with Gasteiger partial charge in [-0.2, -0.15) is 0 Å². The minimum absolute atomic E-state index is 0.398. The fourth-order valence-electron chi connectivity index (χ4n) is 0.589. The van der Waals surface area contributed by atoms with Crippen molar-refractivity contribution in [1.82, 2.24) is 0 Å². The van der Waals surface area contributed by atoms with E-state index in [1.165, 1.54) is 5.56 Å². The molecule has 0 saturated carbocycles. The molecule has 0 spiro atoms. The Hall–Kier alpha value is -2.35. The van der Waals surface area contributed by atoms with Gasteiger partial charge in [0.1, 0.15) is 0 Å². The number of carbonyl (C=O) groups excluding carboxylic acids is 1. The van der Waals surface area contributed by atoms with Crippen molar-refractivity contribution in [2.24, 2.45) is 5.73 Å². The smallest absolute Gasteiger partial charge is 0.243 e. The third-order valence-electron chi connectivity index (χ3n) is 1.46. The molecule has 104 valence electrons. The predicted molar refractivity (Wildman–Crippen MR) is 87.7 cm³/mol. The number of allylic oxidation sites excluding steroid dienone is 1. The maximum atomic E-state index is 9.82. The third-order valence-corrected chi connectivity index (χ3v) is 1.46. The normalized spacial score (nSPS) is 6.84. The minimum Gasteiger partial charge on any atom is -0.366 e. The van der Waals surface area contributed by atoms with Crippen molar-refractivity contribution < 1.29 is 4.79 Å². The van der Waals surface area contributed by atoms with Crippen molar-refractivity contribution in [3.05, 3.63) is 80.4 Å². The largest absolute Gasteiger partial charge is 0.366 e. The summed E-state index contributed by atoms with van der Waals surface area (Å²) in [7, 11) is 0. The van der Waals surface area contributed by atoms with Crippen molar-refractivity contribution in [2.45, 2.75) is 13.8 Å². The second kappa shape index (κ2) is 18.0. The summed E-state index contributed by atoms with van der Waals surface area (Å²) in [5.74, 6) is -0.435. The van der Waals surface area contributed by atoms with Crippen LogP contribution in [-0.2, 0) is 4.79 Å². The van der Waals surface area contributed by atoms with Crippen LogP contribution in [0.25, 0.3) is 6.08 Å². The number of rotatable bonds is 2. The highest BCUT2D eigenvalue weighted by molar-refractivity contribution is 5.90. The summed E-state index contributed by atoms with van der Waals surface area (Å²) >= 11 is 0. The summed E-state index contributed by atoms with van der Waals surface area (Å²) in [6, 6.07) is 10.0. The molecule has 0 unspecified atom stereocenters. The first kappa shape index (κ1) is 21.9. The molecule has 1 amide bonds. The topological polar surface area (TPSA) is 43.1 Å². The molecule has 2 heteroatoms. The van der Waals surface area contributed by atoms with E-state index in [2.05, 4.69) is 32.9 Å². The molecule has 1 rings (SSSR count). The highest BCUT2D eigenvalue weighted by Gasteiger charge is 1.86. The van der Waals surface area contributed by atoms with Gasteiger partial charge in [-0.05, 0) is 19.4 Å². The molecule has 0 aromatic heterocycles. The Morgan fingerprint density at radius 1 is 1.16 bits per heavy atom. The molecule has 1 aromatic rings. The van der Waals surface area contributed by atoms with Gasteiger partial charge in [-0.25, -0.2) is 0 Å². The van der Waals surface area contributed by atoms with Crippen molar-refractivity contribution >= 4 is 12.0 Å². The van der Waals surface area contributed by atoms with E-state index in [4.69, 9.17) is 5.73 Å². The van der Waals surface area contributed by atoms with Gasteiger partial charge in [0.05, 0.1) is 0 Å². The summed E-state index contributed by atoms with van der Waals surface area (Å²) in [4.78, 5) is 9.82. The van der Waals surface area contributed by atoms with E-state index in [0.717, 1.165) is 0 Å². The molecular formula is C17H25NO. The van der Waals surface area contributed by atoms with Crippen LogP contribution < -0.4 is 5.73 Å². The lowest BCUT2D eigenvalue weighted by atomic mass is 10.2. The van der Waals surface area contributed by atoms with Crippen LogP contribution in [0.5, 0.6) is 0 Å². The van der Waals surface area contributed by atoms with E-state index >= 15 is 0 Å². The van der Waals surface area contributed by atoms with Crippen LogP contribution in [0.4, 0.5) is 0 Å². The molecule has 19 heavy (non-hydrogen) atoms. The lowest BCUT2D eigenvalue weighted by molar-refractivity contribution is -0.114. The number of hydrogen-bond donors (Lipinski definition) is 1. The zero-order valence-electron chi connectivity index (χ0n) is 12.1. The number of amides is 1. The van der Waals surface area contributed by atoms with Gasteiger partial charge < -0.3 is 5.73 Å². The maximum Gasteiger partial charge on any atom is 0.243 e. The summed E-state index contributed by atoms with van der Waals surface area (Å²) in [5.41, 5.74) is 6.27. The first-order valence-corrected chi connectivity index (χ1v) is 5.69. The van der Waals surface area contributed by atoms with Crippen molar-refractivity contribution in [2.75, 3.05) is 0 Å². The number of benzene rings is 1. The Morgan fingerprint density at radius 3 is 1.63 bits per heavy atom. The highest BCUT2D eigenvalue weighted by atomic mass is 16.1. The van der Waals surface area contributed by atoms with Crippen LogP contribution in [0.15, 0.2) is 74.9 Å². The van der Waals surface area contributed by atoms with Gasteiger partial charge in [0.15, 0.2) is 0 Å². The molecule has 0 bridgehead atoms. The highest BCUT2D eigenvalue weighted by Crippen LogP contribution is 1.97. The lowest BCUT2D eigenvalue weighted by Crippen LogP contribution is -2.10. The molecule has 2 nitrogen and oxygen atoms in total. The average molecular weight is 259 g/mol. The Morgan fingerprint density at radius 2 is 1.47 bits per heavy atom. The van der Waals surface area contributed by atoms with Crippen LogP contribution in [0.1, 0.15) is 19.4 Å². The summed E-state index contributed by atoms with van der Waals surface area (Å²) in [6.45, 7) is 19.7. The van der Waals surface area contributed by atoms with Crippen molar-refractivity contribution in [1.29, 1.82) is 0 Å². The van der Waals surface area contributed by atoms with E-state index in [1.54, 1.807) is 13.0 Å². The number of carbonyl (C=O) groups is 1.